The van der Waals surface area contributed by atoms with Crippen LogP contribution in [0.15, 0.2) is 10.9 Å². The molecule has 1 rings (SSSR count). The minimum absolute atomic E-state index is 0.192. The summed E-state index contributed by atoms with van der Waals surface area (Å²) in [5.74, 6) is -1.74. The van der Waals surface area contributed by atoms with E-state index in [4.69, 9.17) is 0 Å². The quantitative estimate of drug-likeness (QED) is 0.669. The molecule has 5 nitrogen and oxygen atoms in total. The first-order chi connectivity index (χ1) is 8.76. The molecule has 1 aromatic heterocycles. The molecule has 0 saturated heterocycles. The number of methoxy groups -OCH3 is 1. The molecule has 19 heavy (non-hydrogen) atoms. The van der Waals surface area contributed by atoms with E-state index in [2.05, 4.69) is 30.4 Å². The van der Waals surface area contributed by atoms with Crippen LogP contribution in [0.3, 0.4) is 0 Å². The largest absolute Gasteiger partial charge is 0.573 e. The molecule has 0 radical (unpaired) electrons. The summed E-state index contributed by atoms with van der Waals surface area (Å²) in [6, 6.07) is 1.23. The van der Waals surface area contributed by atoms with E-state index < -0.39 is 30.1 Å². The monoisotopic (exact) mass is 343 g/mol. The van der Waals surface area contributed by atoms with Crippen LogP contribution in [0, 0.1) is 0 Å². The first-order valence-corrected chi connectivity index (χ1v) is 6.02. The second-order valence-corrected chi connectivity index (χ2v) is 3.97. The highest BCUT2D eigenvalue weighted by Gasteiger charge is 2.34. The number of hydrogen-bond acceptors (Lipinski definition) is 4. The van der Waals surface area contributed by atoms with Crippen LogP contribution in [-0.4, -0.2) is 24.4 Å². The van der Waals surface area contributed by atoms with E-state index in [0.717, 1.165) is 7.11 Å². The SMILES string of the molecule is COC(=O)Cc1cc(CBr)[nH]c(=O)c1OC(F)(F)F. The summed E-state index contributed by atoms with van der Waals surface area (Å²) < 4.78 is 44.6. The number of aromatic nitrogens is 1. The molecule has 0 amide bonds. The molecule has 0 fully saturated rings. The minimum atomic E-state index is -5.02. The van der Waals surface area contributed by atoms with E-state index in [1.807, 2.05) is 0 Å². The summed E-state index contributed by atoms with van der Waals surface area (Å²) in [6.45, 7) is 0. The zero-order valence-electron chi connectivity index (χ0n) is 9.64. The molecular formula is C10H9BrF3NO4. The summed E-state index contributed by atoms with van der Waals surface area (Å²) in [4.78, 5) is 24.8. The van der Waals surface area contributed by atoms with E-state index >= 15 is 0 Å². The van der Waals surface area contributed by atoms with Gasteiger partial charge in [0.25, 0.3) is 5.56 Å². The van der Waals surface area contributed by atoms with E-state index in [-0.39, 0.29) is 10.9 Å². The number of carbonyl (C=O) groups excluding carboxylic acids is 1. The van der Waals surface area contributed by atoms with E-state index in [0.29, 0.717) is 5.69 Å². The normalized spacial score (nSPS) is 11.2. The number of aromatic amines is 1. The van der Waals surface area contributed by atoms with Gasteiger partial charge in [-0.25, -0.2) is 0 Å². The third-order valence-electron chi connectivity index (χ3n) is 2.04. The Balaban J connectivity index is 3.25. The van der Waals surface area contributed by atoms with Gasteiger partial charge in [0.15, 0.2) is 5.75 Å². The number of nitrogens with one attached hydrogen (secondary N) is 1. The van der Waals surface area contributed by atoms with Gasteiger partial charge in [-0.15, -0.1) is 13.2 Å². The number of pyridine rings is 1. The van der Waals surface area contributed by atoms with Crippen molar-refractivity contribution >= 4 is 21.9 Å². The molecule has 106 valence electrons. The summed E-state index contributed by atoms with van der Waals surface area (Å²) in [6.07, 6.45) is -5.51. The van der Waals surface area contributed by atoms with Gasteiger partial charge in [0.1, 0.15) is 0 Å². The van der Waals surface area contributed by atoms with E-state index in [1.165, 1.54) is 6.07 Å². The van der Waals surface area contributed by atoms with E-state index in [9.17, 15) is 22.8 Å². The molecule has 0 atom stereocenters. The Morgan fingerprint density at radius 2 is 2.11 bits per heavy atom. The van der Waals surface area contributed by atoms with Gasteiger partial charge in [-0.05, 0) is 6.07 Å². The Bertz CT molecular complexity index is 526. The number of halogens is 4. The van der Waals surface area contributed by atoms with Crippen molar-refractivity contribution in [1.29, 1.82) is 0 Å². The third-order valence-corrected chi connectivity index (χ3v) is 2.65. The third kappa shape index (κ3) is 4.58. The lowest BCUT2D eigenvalue weighted by Gasteiger charge is -2.12. The Morgan fingerprint density at radius 3 is 2.58 bits per heavy atom. The lowest BCUT2D eigenvalue weighted by molar-refractivity contribution is -0.275. The van der Waals surface area contributed by atoms with Crippen LogP contribution < -0.4 is 10.3 Å². The maximum atomic E-state index is 12.2. The highest BCUT2D eigenvalue weighted by Crippen LogP contribution is 2.24. The lowest BCUT2D eigenvalue weighted by atomic mass is 10.1. The smallest absolute Gasteiger partial charge is 0.469 e. The summed E-state index contributed by atoms with van der Waals surface area (Å²) in [5, 5.41) is 0.211. The molecule has 0 spiro atoms. The maximum absolute atomic E-state index is 12.2. The number of esters is 1. The van der Waals surface area contributed by atoms with Crippen LogP contribution in [-0.2, 0) is 21.3 Å². The fourth-order valence-corrected chi connectivity index (χ4v) is 1.62. The molecule has 1 aromatic rings. The number of rotatable bonds is 4. The van der Waals surface area contributed by atoms with Gasteiger partial charge in [0.05, 0.1) is 13.5 Å². The van der Waals surface area contributed by atoms with Gasteiger partial charge in [-0.1, -0.05) is 15.9 Å². The number of carbonyl (C=O) groups is 1. The predicted molar refractivity (Wildman–Crippen MR) is 62.1 cm³/mol. The van der Waals surface area contributed by atoms with Crippen molar-refractivity contribution in [2.24, 2.45) is 0 Å². The molecule has 9 heteroatoms. The van der Waals surface area contributed by atoms with Gasteiger partial charge < -0.3 is 14.5 Å². The zero-order valence-corrected chi connectivity index (χ0v) is 11.2. The Morgan fingerprint density at radius 1 is 1.47 bits per heavy atom. The summed E-state index contributed by atoms with van der Waals surface area (Å²) >= 11 is 3.05. The first-order valence-electron chi connectivity index (χ1n) is 4.90. The number of hydrogen-bond donors (Lipinski definition) is 1. The molecule has 0 aromatic carbocycles. The summed E-state index contributed by atoms with van der Waals surface area (Å²) in [5.41, 5.74) is -0.936. The predicted octanol–water partition coefficient (Wildman–Crippen LogP) is 1.88. The van der Waals surface area contributed by atoms with Crippen LogP contribution in [0.2, 0.25) is 0 Å². The van der Waals surface area contributed by atoms with Crippen LogP contribution in [0.4, 0.5) is 13.2 Å². The number of ether oxygens (including phenoxy) is 2. The Hall–Kier alpha value is -1.51. The average molecular weight is 344 g/mol. The second-order valence-electron chi connectivity index (χ2n) is 3.41. The van der Waals surface area contributed by atoms with Gasteiger partial charge in [-0.3, -0.25) is 9.59 Å². The number of H-pyrrole nitrogens is 1. The van der Waals surface area contributed by atoms with Crippen molar-refractivity contribution < 1.29 is 27.4 Å². The van der Waals surface area contributed by atoms with E-state index in [1.54, 1.807) is 0 Å². The highest BCUT2D eigenvalue weighted by atomic mass is 79.9. The maximum Gasteiger partial charge on any atom is 0.573 e. The summed E-state index contributed by atoms with van der Waals surface area (Å²) in [7, 11) is 1.09. The van der Waals surface area contributed by atoms with Crippen molar-refractivity contribution in [1.82, 2.24) is 4.98 Å². The first kappa shape index (κ1) is 15.5. The van der Waals surface area contributed by atoms with Crippen molar-refractivity contribution in [2.45, 2.75) is 18.1 Å². The van der Waals surface area contributed by atoms with Crippen molar-refractivity contribution in [3.05, 3.63) is 27.7 Å². The second kappa shape index (κ2) is 6.09. The van der Waals surface area contributed by atoms with Crippen LogP contribution in [0.25, 0.3) is 0 Å². The van der Waals surface area contributed by atoms with Crippen LogP contribution in [0.5, 0.6) is 5.75 Å². The minimum Gasteiger partial charge on any atom is -0.469 e. The van der Waals surface area contributed by atoms with Crippen LogP contribution in [0.1, 0.15) is 11.3 Å². The molecule has 0 bridgehead atoms. The topological polar surface area (TPSA) is 68.4 Å². The lowest BCUT2D eigenvalue weighted by Crippen LogP contribution is -2.25. The van der Waals surface area contributed by atoms with Crippen LogP contribution >= 0.6 is 15.9 Å². The highest BCUT2D eigenvalue weighted by molar-refractivity contribution is 9.08. The molecule has 0 aliphatic carbocycles. The Labute approximate surface area is 113 Å². The molecule has 0 aliphatic heterocycles. The zero-order chi connectivity index (χ0) is 14.6. The fraction of sp³-hybridized carbons (Fsp3) is 0.400. The van der Waals surface area contributed by atoms with Crippen molar-refractivity contribution in [2.75, 3.05) is 7.11 Å². The van der Waals surface area contributed by atoms with Crippen molar-refractivity contribution in [3.8, 4) is 5.75 Å². The molecular weight excluding hydrogens is 335 g/mol. The fourth-order valence-electron chi connectivity index (χ4n) is 1.32. The van der Waals surface area contributed by atoms with Gasteiger partial charge >= 0.3 is 12.3 Å². The van der Waals surface area contributed by atoms with Gasteiger partial charge in [0.2, 0.25) is 0 Å². The molecule has 0 aliphatic rings. The molecule has 1 heterocycles. The Kier molecular flexibility index (Phi) is 4.98. The van der Waals surface area contributed by atoms with Crippen molar-refractivity contribution in [3.63, 3.8) is 0 Å². The van der Waals surface area contributed by atoms with Gasteiger partial charge in [-0.2, -0.15) is 0 Å². The molecule has 1 N–H and O–H groups in total. The molecule has 0 unspecified atom stereocenters. The van der Waals surface area contributed by atoms with Gasteiger partial charge in [0, 0.05) is 16.6 Å². The standard InChI is InChI=1S/C10H9BrF3NO4/c1-18-7(16)3-5-2-6(4-11)15-9(17)8(5)19-10(12,13)14/h2H,3-4H2,1H3,(H,15,17). The molecule has 0 saturated carbocycles. The number of alkyl halides is 4. The average Bonchev–Trinajstić information content (AvgIpc) is 2.31.